The highest BCUT2D eigenvalue weighted by Crippen LogP contribution is 2.18. The van der Waals surface area contributed by atoms with Gasteiger partial charge in [-0.25, -0.2) is 4.99 Å². The van der Waals surface area contributed by atoms with Gasteiger partial charge in [0.15, 0.2) is 5.96 Å². The van der Waals surface area contributed by atoms with E-state index in [4.69, 9.17) is 9.47 Å². The Bertz CT molecular complexity index is 609. The predicted octanol–water partition coefficient (Wildman–Crippen LogP) is 2.21. The summed E-state index contributed by atoms with van der Waals surface area (Å²) in [7, 11) is 5.14. The molecule has 0 fully saturated rings. The highest BCUT2D eigenvalue weighted by Gasteiger charge is 2.05. The largest absolute Gasteiger partial charge is 0.496 e. The fourth-order valence-corrected chi connectivity index (χ4v) is 2.33. The molecule has 1 amide bonds. The van der Waals surface area contributed by atoms with Crippen LogP contribution in [0.15, 0.2) is 23.2 Å². The normalized spacial score (nSPS) is 10.8. The first-order valence-corrected chi connectivity index (χ1v) is 9.41. The molecule has 1 rings (SSSR count). The fraction of sp³-hybridized carbons (Fsp3) is 0.600. The predicted molar refractivity (Wildman–Crippen MR) is 125 cm³/mol. The van der Waals surface area contributed by atoms with Crippen molar-refractivity contribution >= 4 is 35.8 Å². The Labute approximate surface area is 186 Å². The first-order valence-electron chi connectivity index (χ1n) is 9.41. The summed E-state index contributed by atoms with van der Waals surface area (Å²) in [6, 6.07) is 6.21. The number of hydrogen-bond donors (Lipinski definition) is 2. The maximum absolute atomic E-state index is 11.8. The molecule has 1 aromatic carbocycles. The van der Waals surface area contributed by atoms with Gasteiger partial charge in [-0.2, -0.15) is 0 Å². The molecule has 0 unspecified atom stereocenters. The first-order chi connectivity index (χ1) is 13.0. The van der Waals surface area contributed by atoms with Gasteiger partial charge in [0.25, 0.3) is 0 Å². The number of amides is 1. The molecule has 0 atom stereocenters. The number of aliphatic imine (C=N–C) groups is 1. The smallest absolute Gasteiger partial charge is 0.243 e. The number of aryl methyl sites for hydroxylation is 1. The zero-order valence-electron chi connectivity index (χ0n) is 17.7. The summed E-state index contributed by atoms with van der Waals surface area (Å²) in [5.41, 5.74) is 2.31. The molecule has 0 aliphatic carbocycles. The molecular weight excluding hydrogens is 471 g/mol. The van der Waals surface area contributed by atoms with E-state index in [0.717, 1.165) is 37.3 Å². The molecule has 0 bridgehead atoms. The average Bonchev–Trinajstić information content (AvgIpc) is 2.66. The minimum atomic E-state index is -0.0336. The van der Waals surface area contributed by atoms with Gasteiger partial charge in [-0.3, -0.25) is 4.79 Å². The topological polar surface area (TPSA) is 75.2 Å². The average molecular weight is 506 g/mol. The first kappa shape index (κ1) is 26.4. The van der Waals surface area contributed by atoms with Crippen LogP contribution in [0.25, 0.3) is 0 Å². The third kappa shape index (κ3) is 10.7. The SMILES string of the molecule is CCOCCCNC(=NCC(=O)N(C)C)NCCc1ccc(C)c(OC)c1.I. The number of hydrogen-bond acceptors (Lipinski definition) is 4. The maximum atomic E-state index is 11.8. The van der Waals surface area contributed by atoms with Crippen LogP contribution in [0.4, 0.5) is 0 Å². The Kier molecular flexibility index (Phi) is 14.5. The van der Waals surface area contributed by atoms with Crippen LogP contribution in [0.2, 0.25) is 0 Å². The van der Waals surface area contributed by atoms with Crippen LogP contribution in [0.3, 0.4) is 0 Å². The van der Waals surface area contributed by atoms with E-state index in [9.17, 15) is 4.79 Å². The Morgan fingerprint density at radius 3 is 2.57 bits per heavy atom. The number of guanidine groups is 1. The van der Waals surface area contributed by atoms with Crippen molar-refractivity contribution in [3.05, 3.63) is 29.3 Å². The Balaban J connectivity index is 0.00000729. The minimum absolute atomic E-state index is 0. The van der Waals surface area contributed by atoms with Crippen molar-refractivity contribution in [1.82, 2.24) is 15.5 Å². The Hall–Kier alpha value is -1.55. The highest BCUT2D eigenvalue weighted by atomic mass is 127. The highest BCUT2D eigenvalue weighted by molar-refractivity contribution is 14.0. The van der Waals surface area contributed by atoms with E-state index in [1.807, 2.05) is 13.8 Å². The quantitative estimate of drug-likeness (QED) is 0.209. The molecule has 28 heavy (non-hydrogen) atoms. The summed E-state index contributed by atoms with van der Waals surface area (Å²) in [5.74, 6) is 1.50. The zero-order chi connectivity index (χ0) is 20.1. The van der Waals surface area contributed by atoms with Crippen molar-refractivity contribution in [1.29, 1.82) is 0 Å². The van der Waals surface area contributed by atoms with E-state index >= 15 is 0 Å². The molecule has 0 saturated heterocycles. The number of halogens is 1. The van der Waals surface area contributed by atoms with Crippen LogP contribution >= 0.6 is 24.0 Å². The summed E-state index contributed by atoms with van der Waals surface area (Å²) in [6.07, 6.45) is 1.71. The molecule has 0 aliphatic rings. The Morgan fingerprint density at radius 1 is 1.21 bits per heavy atom. The standard InChI is InChI=1S/C20H34N4O3.HI/c1-6-27-13-7-11-21-20(23-15-19(25)24(3)4)22-12-10-17-9-8-16(2)18(14-17)26-5;/h8-9,14H,6-7,10-13,15H2,1-5H3,(H2,21,22,23);1H. The third-order valence-electron chi connectivity index (χ3n) is 4.01. The van der Waals surface area contributed by atoms with Gasteiger partial charge in [-0.05, 0) is 43.9 Å². The lowest BCUT2D eigenvalue weighted by Gasteiger charge is -2.14. The number of nitrogens with zero attached hydrogens (tertiary/aromatic N) is 2. The van der Waals surface area contributed by atoms with Gasteiger partial charge in [0.2, 0.25) is 5.91 Å². The van der Waals surface area contributed by atoms with E-state index < -0.39 is 0 Å². The summed E-state index contributed by atoms with van der Waals surface area (Å²) < 4.78 is 10.7. The monoisotopic (exact) mass is 506 g/mol. The zero-order valence-corrected chi connectivity index (χ0v) is 20.0. The Morgan fingerprint density at radius 2 is 1.93 bits per heavy atom. The molecule has 0 radical (unpaired) electrons. The van der Waals surface area contributed by atoms with Gasteiger partial charge in [0.1, 0.15) is 12.3 Å². The number of benzene rings is 1. The van der Waals surface area contributed by atoms with Crippen molar-refractivity contribution in [3.63, 3.8) is 0 Å². The van der Waals surface area contributed by atoms with Crippen LogP contribution in [0, 0.1) is 6.92 Å². The van der Waals surface area contributed by atoms with Crippen LogP contribution < -0.4 is 15.4 Å². The lowest BCUT2D eigenvalue weighted by molar-refractivity contribution is -0.127. The lowest BCUT2D eigenvalue weighted by Crippen LogP contribution is -2.40. The number of likely N-dealkylation sites (N-methyl/N-ethyl adjacent to an activating group) is 1. The molecule has 7 nitrogen and oxygen atoms in total. The molecular formula is C20H35IN4O3. The van der Waals surface area contributed by atoms with Crippen LogP contribution in [-0.4, -0.2) is 70.8 Å². The van der Waals surface area contributed by atoms with Crippen molar-refractivity contribution in [2.45, 2.75) is 26.7 Å². The second-order valence-corrected chi connectivity index (χ2v) is 6.41. The van der Waals surface area contributed by atoms with Crippen molar-refractivity contribution in [2.75, 3.05) is 54.1 Å². The van der Waals surface area contributed by atoms with Crippen molar-refractivity contribution < 1.29 is 14.3 Å². The molecule has 0 spiro atoms. The lowest BCUT2D eigenvalue weighted by atomic mass is 10.1. The van der Waals surface area contributed by atoms with E-state index in [0.29, 0.717) is 19.1 Å². The van der Waals surface area contributed by atoms with E-state index in [-0.39, 0.29) is 36.4 Å². The number of carbonyl (C=O) groups excluding carboxylic acids is 1. The van der Waals surface area contributed by atoms with E-state index in [2.05, 4.69) is 33.8 Å². The van der Waals surface area contributed by atoms with Gasteiger partial charge >= 0.3 is 0 Å². The van der Waals surface area contributed by atoms with Gasteiger partial charge in [-0.1, -0.05) is 12.1 Å². The summed E-state index contributed by atoms with van der Waals surface area (Å²) in [6.45, 7) is 6.99. The second-order valence-electron chi connectivity index (χ2n) is 6.41. The molecule has 2 N–H and O–H groups in total. The van der Waals surface area contributed by atoms with Gasteiger partial charge in [0, 0.05) is 40.4 Å². The number of rotatable bonds is 11. The fourth-order valence-electron chi connectivity index (χ4n) is 2.33. The third-order valence-corrected chi connectivity index (χ3v) is 4.01. The number of nitrogens with one attached hydrogen (secondary N) is 2. The summed E-state index contributed by atoms with van der Waals surface area (Å²) >= 11 is 0. The molecule has 8 heteroatoms. The maximum Gasteiger partial charge on any atom is 0.243 e. The number of methoxy groups -OCH3 is 1. The molecule has 1 aromatic rings. The van der Waals surface area contributed by atoms with Crippen LogP contribution in [0.1, 0.15) is 24.5 Å². The van der Waals surface area contributed by atoms with Crippen LogP contribution in [0.5, 0.6) is 5.75 Å². The minimum Gasteiger partial charge on any atom is -0.496 e. The molecule has 0 saturated carbocycles. The van der Waals surface area contributed by atoms with Gasteiger partial charge < -0.3 is 25.0 Å². The molecule has 0 aromatic heterocycles. The summed E-state index contributed by atoms with van der Waals surface area (Å²) in [5, 5.41) is 6.55. The van der Waals surface area contributed by atoms with Gasteiger partial charge in [-0.15, -0.1) is 24.0 Å². The second kappa shape index (κ2) is 15.4. The number of ether oxygens (including phenoxy) is 2. The van der Waals surface area contributed by atoms with Gasteiger partial charge in [0.05, 0.1) is 7.11 Å². The molecule has 0 aliphatic heterocycles. The van der Waals surface area contributed by atoms with E-state index in [1.54, 1.807) is 21.2 Å². The van der Waals surface area contributed by atoms with Crippen molar-refractivity contribution in [3.8, 4) is 5.75 Å². The van der Waals surface area contributed by atoms with E-state index in [1.165, 1.54) is 10.5 Å². The van der Waals surface area contributed by atoms with Crippen LogP contribution in [-0.2, 0) is 16.0 Å². The van der Waals surface area contributed by atoms with Crippen molar-refractivity contribution in [2.24, 2.45) is 4.99 Å². The summed E-state index contributed by atoms with van der Waals surface area (Å²) in [4.78, 5) is 17.7. The number of carbonyl (C=O) groups is 1. The molecule has 160 valence electrons. The molecule has 0 heterocycles.